The van der Waals surface area contributed by atoms with Gasteiger partial charge in [0.15, 0.2) is 0 Å². The Morgan fingerprint density at radius 2 is 2.03 bits per heavy atom. The summed E-state index contributed by atoms with van der Waals surface area (Å²) in [6, 6.07) is 5.90. The second kappa shape index (κ2) is 11.5. The Hall–Kier alpha value is -3.74. The molecule has 0 radical (unpaired) electrons. The van der Waals surface area contributed by atoms with Gasteiger partial charge in [0.2, 0.25) is 5.91 Å². The molecule has 2 saturated heterocycles. The summed E-state index contributed by atoms with van der Waals surface area (Å²) in [5.41, 5.74) is 4.65. The van der Waals surface area contributed by atoms with Crippen LogP contribution in [0.15, 0.2) is 76.2 Å². The molecule has 2 fully saturated rings. The van der Waals surface area contributed by atoms with Gasteiger partial charge in [-0.15, -0.1) is 0 Å². The van der Waals surface area contributed by atoms with Crippen LogP contribution in [0.5, 0.6) is 0 Å². The van der Waals surface area contributed by atoms with Gasteiger partial charge >= 0.3 is 0 Å². The van der Waals surface area contributed by atoms with Crippen molar-refractivity contribution in [3.8, 4) is 6.07 Å². The summed E-state index contributed by atoms with van der Waals surface area (Å²) < 4.78 is 6.50. The van der Waals surface area contributed by atoms with Gasteiger partial charge < -0.3 is 25.6 Å². The molecule has 5 rings (SSSR count). The van der Waals surface area contributed by atoms with Crippen molar-refractivity contribution in [2.45, 2.75) is 38.2 Å². The maximum atomic E-state index is 13.1. The molecule has 3 aliphatic heterocycles. The molecule has 4 heterocycles. The van der Waals surface area contributed by atoms with Crippen LogP contribution in [-0.2, 0) is 9.53 Å². The van der Waals surface area contributed by atoms with Gasteiger partial charge in [-0.1, -0.05) is 5.57 Å². The lowest BCUT2D eigenvalue weighted by atomic mass is 9.84. The number of rotatable bonds is 5. The van der Waals surface area contributed by atoms with Crippen LogP contribution in [0.3, 0.4) is 0 Å². The van der Waals surface area contributed by atoms with Crippen LogP contribution in [0.1, 0.15) is 32.1 Å². The number of carbonyl (C=O) groups excluding carboxylic acids is 1. The van der Waals surface area contributed by atoms with E-state index in [2.05, 4.69) is 39.0 Å². The molecule has 1 aromatic heterocycles. The number of aliphatic imine (C=N–C) groups is 1. The topological polar surface area (TPSA) is 115 Å². The fourth-order valence-corrected chi connectivity index (χ4v) is 5.09. The quantitative estimate of drug-likeness (QED) is 0.534. The third kappa shape index (κ3) is 6.16. The molecule has 192 valence electrons. The Balaban J connectivity index is 1.45. The van der Waals surface area contributed by atoms with Gasteiger partial charge in [0, 0.05) is 61.9 Å². The zero-order valence-electron chi connectivity index (χ0n) is 21.2. The zero-order valence-corrected chi connectivity index (χ0v) is 21.2. The summed E-state index contributed by atoms with van der Waals surface area (Å²) in [6.07, 6.45) is 12.9. The molecule has 4 aliphatic rings. The Morgan fingerprint density at radius 1 is 1.27 bits per heavy atom. The van der Waals surface area contributed by atoms with Crippen LogP contribution >= 0.6 is 0 Å². The largest absolute Gasteiger partial charge is 0.488 e. The van der Waals surface area contributed by atoms with E-state index in [-0.39, 0.29) is 17.9 Å². The van der Waals surface area contributed by atoms with Crippen molar-refractivity contribution in [3.05, 3.63) is 71.2 Å². The maximum Gasteiger partial charge on any atom is 0.248 e. The fourth-order valence-electron chi connectivity index (χ4n) is 5.09. The van der Waals surface area contributed by atoms with Gasteiger partial charge in [-0.3, -0.25) is 14.8 Å². The molecule has 1 aromatic rings. The average molecular weight is 500 g/mol. The molecule has 1 atom stereocenters. The first-order valence-corrected chi connectivity index (χ1v) is 13.0. The van der Waals surface area contributed by atoms with Crippen LogP contribution in [0.4, 0.5) is 5.69 Å². The number of likely N-dealkylation sites (tertiary alicyclic amines) is 1. The number of carbonyl (C=O) groups is 1. The summed E-state index contributed by atoms with van der Waals surface area (Å²) in [5, 5.41) is 19.6. The Morgan fingerprint density at radius 3 is 2.76 bits per heavy atom. The van der Waals surface area contributed by atoms with Crippen LogP contribution in [-0.4, -0.2) is 60.8 Å². The van der Waals surface area contributed by atoms with Crippen molar-refractivity contribution in [2.24, 2.45) is 10.9 Å². The smallest absolute Gasteiger partial charge is 0.248 e. The standard InChI is InChI=1S/C28H33N7O2/c1-35-12-6-22(7-13-35)37-26-16-24-23(15-25(26)34-27(36)14-19-2-8-30-9-3-19)28(20(17-29)18-32-24)33-21-4-10-31-11-5-21/h4-5,10-11,14,16,18,22-23,30,32H,2-3,6-9,12-13,15H2,1H3,(H,34,36). The number of aromatic nitrogens is 1. The molecule has 0 spiro atoms. The lowest BCUT2D eigenvalue weighted by molar-refractivity contribution is -0.116. The number of allylic oxidation sites excluding steroid dienone is 4. The molecule has 1 aliphatic carbocycles. The Kier molecular flexibility index (Phi) is 7.78. The van der Waals surface area contributed by atoms with E-state index in [0.29, 0.717) is 23.5 Å². The zero-order chi connectivity index (χ0) is 25.6. The van der Waals surface area contributed by atoms with Crippen LogP contribution in [0.25, 0.3) is 0 Å². The Bertz CT molecular complexity index is 1210. The van der Waals surface area contributed by atoms with Gasteiger partial charge in [-0.2, -0.15) is 5.26 Å². The summed E-state index contributed by atoms with van der Waals surface area (Å²) in [4.78, 5) is 24.3. The molecule has 0 aromatic carbocycles. The molecule has 9 heteroatoms. The molecule has 0 bridgehead atoms. The third-order valence-electron chi connectivity index (χ3n) is 7.20. The van der Waals surface area contributed by atoms with Crippen LogP contribution in [0.2, 0.25) is 0 Å². The minimum Gasteiger partial charge on any atom is -0.488 e. The molecule has 1 unspecified atom stereocenters. The number of pyridine rings is 1. The van der Waals surface area contributed by atoms with Gasteiger partial charge in [0.1, 0.15) is 17.9 Å². The third-order valence-corrected chi connectivity index (χ3v) is 7.20. The van der Waals surface area contributed by atoms with Crippen LogP contribution < -0.4 is 16.0 Å². The van der Waals surface area contributed by atoms with Crippen molar-refractivity contribution < 1.29 is 9.53 Å². The van der Waals surface area contributed by atoms with Crippen LogP contribution in [0, 0.1) is 17.2 Å². The minimum atomic E-state index is -0.209. The number of nitriles is 1. The monoisotopic (exact) mass is 499 g/mol. The number of piperidine rings is 2. The number of amides is 1. The molecule has 0 saturated carbocycles. The second-order valence-corrected chi connectivity index (χ2v) is 9.88. The molecular weight excluding hydrogens is 466 g/mol. The number of hydrogen-bond acceptors (Lipinski definition) is 8. The molecular formula is C28H33N7O2. The second-order valence-electron chi connectivity index (χ2n) is 9.88. The van der Waals surface area contributed by atoms with Crippen molar-refractivity contribution in [1.29, 1.82) is 5.26 Å². The van der Waals surface area contributed by atoms with E-state index in [1.807, 2.05) is 18.2 Å². The van der Waals surface area contributed by atoms with Gasteiger partial charge in [0.05, 0.1) is 22.7 Å². The van der Waals surface area contributed by atoms with Crippen molar-refractivity contribution in [1.82, 2.24) is 25.8 Å². The molecule has 1 amide bonds. The van der Waals surface area contributed by atoms with E-state index >= 15 is 0 Å². The summed E-state index contributed by atoms with van der Waals surface area (Å²) in [6.45, 7) is 3.75. The Labute approximate surface area is 217 Å². The highest BCUT2D eigenvalue weighted by atomic mass is 16.5. The normalized spacial score (nSPS) is 23.8. The highest BCUT2D eigenvalue weighted by Gasteiger charge is 2.34. The molecule has 9 nitrogen and oxygen atoms in total. The van der Waals surface area contributed by atoms with E-state index in [9.17, 15) is 10.1 Å². The highest BCUT2D eigenvalue weighted by Crippen LogP contribution is 2.35. The summed E-state index contributed by atoms with van der Waals surface area (Å²) >= 11 is 0. The van der Waals surface area contributed by atoms with Gasteiger partial charge in [-0.25, -0.2) is 0 Å². The number of nitrogens with one attached hydrogen (secondary N) is 3. The predicted octanol–water partition coefficient (Wildman–Crippen LogP) is 2.82. The highest BCUT2D eigenvalue weighted by molar-refractivity contribution is 6.09. The number of fused-ring (bicyclic) bond motifs is 1. The summed E-state index contributed by atoms with van der Waals surface area (Å²) in [5.74, 6) is 0.336. The lowest BCUT2D eigenvalue weighted by Gasteiger charge is -2.34. The van der Waals surface area contributed by atoms with Gasteiger partial charge in [0.25, 0.3) is 0 Å². The van der Waals surface area contributed by atoms with Crippen molar-refractivity contribution in [3.63, 3.8) is 0 Å². The molecule has 37 heavy (non-hydrogen) atoms. The maximum absolute atomic E-state index is 13.1. The minimum absolute atomic E-state index is 0.0908. The summed E-state index contributed by atoms with van der Waals surface area (Å²) in [7, 11) is 2.12. The van der Waals surface area contributed by atoms with E-state index in [1.165, 1.54) is 0 Å². The number of hydrogen-bond donors (Lipinski definition) is 3. The van der Waals surface area contributed by atoms with Crippen molar-refractivity contribution in [2.75, 3.05) is 33.2 Å². The number of nitrogens with zero attached hydrogens (tertiary/aromatic N) is 4. The average Bonchev–Trinajstić information content (AvgIpc) is 2.92. The van der Waals surface area contributed by atoms with Gasteiger partial charge in [-0.05, 0) is 58.0 Å². The van der Waals surface area contributed by atoms with Crippen molar-refractivity contribution >= 4 is 17.3 Å². The van der Waals surface area contributed by atoms with E-state index in [1.54, 1.807) is 24.7 Å². The van der Waals surface area contributed by atoms with E-state index in [4.69, 9.17) is 9.73 Å². The SMILES string of the molecule is CN1CCC(OC2=C(NC(=O)C=C3CCNCC3)CC3C(=C2)NC=C(C#N)C3=Nc2ccncc2)CC1. The van der Waals surface area contributed by atoms with E-state index < -0.39 is 0 Å². The fraction of sp³-hybridized carbons (Fsp3) is 0.429. The number of ether oxygens (including phenoxy) is 1. The first kappa shape index (κ1) is 24.9. The van der Waals surface area contributed by atoms with E-state index in [0.717, 1.165) is 74.5 Å². The first-order valence-electron chi connectivity index (χ1n) is 13.0. The predicted molar refractivity (Wildman–Crippen MR) is 141 cm³/mol. The lowest BCUT2D eigenvalue weighted by Crippen LogP contribution is -2.38. The molecule has 3 N–H and O–H groups in total. The first-order chi connectivity index (χ1) is 18.1.